The molecule has 2 heterocycles. The Balaban J connectivity index is 1.42. The third-order valence-corrected chi connectivity index (χ3v) is 5.41. The van der Waals surface area contributed by atoms with Gasteiger partial charge in [-0.2, -0.15) is 0 Å². The van der Waals surface area contributed by atoms with Gasteiger partial charge in [-0.3, -0.25) is 14.4 Å². The molecule has 0 aromatic heterocycles. The predicted molar refractivity (Wildman–Crippen MR) is 98.4 cm³/mol. The van der Waals surface area contributed by atoms with Gasteiger partial charge in [-0.1, -0.05) is 0 Å². The summed E-state index contributed by atoms with van der Waals surface area (Å²) in [5.74, 6) is -2.38. The zero-order valence-electron chi connectivity index (χ0n) is 15.8. The van der Waals surface area contributed by atoms with Crippen molar-refractivity contribution in [3.8, 4) is 0 Å². The first-order valence-corrected chi connectivity index (χ1v) is 9.75. The van der Waals surface area contributed by atoms with Crippen LogP contribution >= 0.6 is 0 Å². The first-order valence-electron chi connectivity index (χ1n) is 9.75. The van der Waals surface area contributed by atoms with Crippen LogP contribution in [0.25, 0.3) is 0 Å². The van der Waals surface area contributed by atoms with Crippen LogP contribution in [0, 0.1) is 17.6 Å². The zero-order valence-corrected chi connectivity index (χ0v) is 15.8. The highest BCUT2D eigenvalue weighted by Gasteiger charge is 2.29. The van der Waals surface area contributed by atoms with E-state index >= 15 is 0 Å². The van der Waals surface area contributed by atoms with Gasteiger partial charge < -0.3 is 15.1 Å². The molecule has 0 aliphatic carbocycles. The number of carbonyl (C=O) groups excluding carboxylic acids is 3. The van der Waals surface area contributed by atoms with Crippen LogP contribution in [0.2, 0.25) is 0 Å². The van der Waals surface area contributed by atoms with Crippen molar-refractivity contribution in [1.29, 1.82) is 0 Å². The van der Waals surface area contributed by atoms with Crippen molar-refractivity contribution in [2.45, 2.75) is 32.1 Å². The van der Waals surface area contributed by atoms with E-state index in [1.807, 2.05) is 4.90 Å². The summed E-state index contributed by atoms with van der Waals surface area (Å²) in [5.41, 5.74) is -0.162. The number of piperidine rings is 1. The highest BCUT2D eigenvalue weighted by Crippen LogP contribution is 2.21. The SMILES string of the molecule is O=C(NCCC(=O)N1CCCC1)C1CCN(C(=O)c2ccc(F)cc2F)CC1. The molecule has 1 N–H and O–H groups in total. The average Bonchev–Trinajstić information content (AvgIpc) is 3.22. The van der Waals surface area contributed by atoms with Crippen LogP contribution in [0.1, 0.15) is 42.5 Å². The fraction of sp³-hybridized carbons (Fsp3) is 0.550. The Bertz CT molecular complexity index is 742. The van der Waals surface area contributed by atoms with Crippen molar-refractivity contribution in [3.05, 3.63) is 35.4 Å². The molecule has 0 bridgehead atoms. The van der Waals surface area contributed by atoms with E-state index in [4.69, 9.17) is 0 Å². The van der Waals surface area contributed by atoms with Gasteiger partial charge in [0.1, 0.15) is 11.6 Å². The molecule has 1 aromatic carbocycles. The van der Waals surface area contributed by atoms with Crippen LogP contribution in [0.5, 0.6) is 0 Å². The Morgan fingerprint density at radius 2 is 1.68 bits per heavy atom. The molecule has 2 saturated heterocycles. The molecular formula is C20H25F2N3O3. The number of halogens is 2. The van der Waals surface area contributed by atoms with Gasteiger partial charge in [0.15, 0.2) is 0 Å². The highest BCUT2D eigenvalue weighted by molar-refractivity contribution is 5.94. The minimum Gasteiger partial charge on any atom is -0.355 e. The van der Waals surface area contributed by atoms with Crippen molar-refractivity contribution in [2.24, 2.45) is 5.92 Å². The quantitative estimate of drug-likeness (QED) is 0.831. The number of nitrogens with one attached hydrogen (secondary N) is 1. The molecule has 8 heteroatoms. The number of hydrogen-bond donors (Lipinski definition) is 1. The molecule has 0 unspecified atom stereocenters. The molecule has 2 fully saturated rings. The molecule has 0 spiro atoms. The minimum absolute atomic E-state index is 0.0690. The molecule has 0 saturated carbocycles. The summed E-state index contributed by atoms with van der Waals surface area (Å²) in [6.07, 6.45) is 3.32. The summed E-state index contributed by atoms with van der Waals surface area (Å²) in [6.45, 7) is 2.58. The van der Waals surface area contributed by atoms with Crippen molar-refractivity contribution in [3.63, 3.8) is 0 Å². The molecular weight excluding hydrogens is 368 g/mol. The van der Waals surface area contributed by atoms with E-state index in [9.17, 15) is 23.2 Å². The van der Waals surface area contributed by atoms with Gasteiger partial charge in [0, 0.05) is 51.1 Å². The van der Waals surface area contributed by atoms with Gasteiger partial charge in [-0.15, -0.1) is 0 Å². The summed E-state index contributed by atoms with van der Waals surface area (Å²) in [6, 6.07) is 2.89. The van der Waals surface area contributed by atoms with E-state index in [1.165, 1.54) is 4.90 Å². The highest BCUT2D eigenvalue weighted by atomic mass is 19.1. The number of hydrogen-bond acceptors (Lipinski definition) is 3. The Morgan fingerprint density at radius 3 is 2.32 bits per heavy atom. The number of nitrogens with zero attached hydrogens (tertiary/aromatic N) is 2. The second kappa shape index (κ2) is 9.12. The molecule has 3 amide bonds. The molecule has 6 nitrogen and oxygen atoms in total. The lowest BCUT2D eigenvalue weighted by Gasteiger charge is -2.31. The van der Waals surface area contributed by atoms with Crippen LogP contribution < -0.4 is 5.32 Å². The third-order valence-electron chi connectivity index (χ3n) is 5.41. The minimum atomic E-state index is -0.882. The summed E-state index contributed by atoms with van der Waals surface area (Å²) in [7, 11) is 0. The monoisotopic (exact) mass is 393 g/mol. The van der Waals surface area contributed by atoms with Gasteiger partial charge in [0.05, 0.1) is 5.56 Å². The van der Waals surface area contributed by atoms with Crippen molar-refractivity contribution >= 4 is 17.7 Å². The largest absolute Gasteiger partial charge is 0.355 e. The lowest BCUT2D eigenvalue weighted by atomic mass is 9.95. The third kappa shape index (κ3) is 4.85. The molecule has 152 valence electrons. The Kier molecular flexibility index (Phi) is 6.59. The smallest absolute Gasteiger partial charge is 0.256 e. The molecule has 0 atom stereocenters. The Hall–Kier alpha value is -2.51. The van der Waals surface area contributed by atoms with E-state index in [2.05, 4.69) is 5.32 Å². The van der Waals surface area contributed by atoms with Gasteiger partial charge in [-0.05, 0) is 37.8 Å². The van der Waals surface area contributed by atoms with Crippen LogP contribution in [0.15, 0.2) is 18.2 Å². The van der Waals surface area contributed by atoms with Gasteiger partial charge in [0.2, 0.25) is 11.8 Å². The van der Waals surface area contributed by atoms with Gasteiger partial charge >= 0.3 is 0 Å². The van der Waals surface area contributed by atoms with Crippen molar-refractivity contribution < 1.29 is 23.2 Å². The number of rotatable bonds is 5. The lowest BCUT2D eigenvalue weighted by Crippen LogP contribution is -2.43. The normalized spacial score (nSPS) is 17.6. The topological polar surface area (TPSA) is 69.7 Å². The lowest BCUT2D eigenvalue weighted by molar-refractivity contribution is -0.130. The first kappa shape index (κ1) is 20.2. The van der Waals surface area contributed by atoms with Crippen molar-refractivity contribution in [1.82, 2.24) is 15.1 Å². The molecule has 28 heavy (non-hydrogen) atoms. The second-order valence-corrected chi connectivity index (χ2v) is 7.32. The summed E-state index contributed by atoms with van der Waals surface area (Å²) >= 11 is 0. The first-order chi connectivity index (χ1) is 13.5. The predicted octanol–water partition coefficient (Wildman–Crippen LogP) is 1.95. The summed E-state index contributed by atoms with van der Waals surface area (Å²) < 4.78 is 26.8. The number of carbonyl (C=O) groups is 3. The maximum Gasteiger partial charge on any atom is 0.256 e. The van der Waals surface area contributed by atoms with Crippen LogP contribution in [0.4, 0.5) is 8.78 Å². The number of likely N-dealkylation sites (tertiary alicyclic amines) is 2. The Morgan fingerprint density at radius 1 is 1.00 bits per heavy atom. The maximum atomic E-state index is 13.8. The van der Waals surface area contributed by atoms with Crippen LogP contribution in [0.3, 0.4) is 0 Å². The van der Waals surface area contributed by atoms with Crippen LogP contribution in [-0.2, 0) is 9.59 Å². The van der Waals surface area contributed by atoms with E-state index < -0.39 is 17.5 Å². The summed E-state index contributed by atoms with van der Waals surface area (Å²) in [4.78, 5) is 40.0. The molecule has 2 aliphatic rings. The standard InChI is InChI=1S/C20H25F2N3O3/c21-15-3-4-16(17(22)13-15)20(28)25-11-6-14(7-12-25)19(27)23-8-5-18(26)24-9-1-2-10-24/h3-4,13-14H,1-2,5-12H2,(H,23,27). The number of benzene rings is 1. The van der Waals surface area contributed by atoms with E-state index in [0.29, 0.717) is 45.0 Å². The molecule has 2 aliphatic heterocycles. The summed E-state index contributed by atoms with van der Waals surface area (Å²) in [5, 5.41) is 2.81. The fourth-order valence-electron chi connectivity index (χ4n) is 3.74. The second-order valence-electron chi connectivity index (χ2n) is 7.32. The number of amides is 3. The van der Waals surface area contributed by atoms with Crippen LogP contribution in [-0.4, -0.2) is 60.2 Å². The molecule has 0 radical (unpaired) electrons. The van der Waals surface area contributed by atoms with E-state index in [-0.39, 0.29) is 23.3 Å². The maximum absolute atomic E-state index is 13.8. The van der Waals surface area contributed by atoms with E-state index in [0.717, 1.165) is 38.1 Å². The fourth-order valence-corrected chi connectivity index (χ4v) is 3.74. The Labute approximate surface area is 162 Å². The van der Waals surface area contributed by atoms with Gasteiger partial charge in [-0.25, -0.2) is 8.78 Å². The van der Waals surface area contributed by atoms with Gasteiger partial charge in [0.25, 0.3) is 5.91 Å². The molecule has 3 rings (SSSR count). The van der Waals surface area contributed by atoms with E-state index in [1.54, 1.807) is 0 Å². The average molecular weight is 393 g/mol. The van der Waals surface area contributed by atoms with Crippen molar-refractivity contribution in [2.75, 3.05) is 32.7 Å². The molecule has 1 aromatic rings. The zero-order chi connectivity index (χ0) is 20.1.